The zero-order chi connectivity index (χ0) is 19.9. The maximum absolute atomic E-state index is 13.8. The predicted molar refractivity (Wildman–Crippen MR) is 104 cm³/mol. The molecule has 0 aliphatic rings. The first-order chi connectivity index (χ1) is 13.6. The molecular weight excluding hydrogens is 381 g/mol. The van der Waals surface area contributed by atoms with E-state index in [1.54, 1.807) is 29.9 Å². The molecule has 28 heavy (non-hydrogen) atoms. The first-order valence-electron chi connectivity index (χ1n) is 8.71. The molecule has 0 saturated carbocycles. The van der Waals surface area contributed by atoms with Crippen molar-refractivity contribution in [2.75, 3.05) is 19.4 Å². The molecule has 0 radical (unpaired) electrons. The number of benzene rings is 2. The van der Waals surface area contributed by atoms with Crippen LogP contribution in [0.25, 0.3) is 5.69 Å². The van der Waals surface area contributed by atoms with Crippen molar-refractivity contribution in [3.05, 3.63) is 59.9 Å². The summed E-state index contributed by atoms with van der Waals surface area (Å²) in [5, 5.41) is 12.2. The molecule has 1 amide bonds. The molecule has 0 bridgehead atoms. The molecule has 0 spiro atoms. The molecule has 3 aromatic rings. The zero-order valence-electron chi connectivity index (χ0n) is 15.6. The van der Waals surface area contributed by atoms with Gasteiger partial charge in [0.15, 0.2) is 0 Å². The van der Waals surface area contributed by atoms with Crippen LogP contribution in [0.3, 0.4) is 0 Å². The summed E-state index contributed by atoms with van der Waals surface area (Å²) in [5.74, 6) is 0.302. The van der Waals surface area contributed by atoms with Gasteiger partial charge >= 0.3 is 0 Å². The first kappa shape index (κ1) is 19.8. The van der Waals surface area contributed by atoms with Crippen molar-refractivity contribution in [2.24, 2.45) is 0 Å². The third-order valence-corrected chi connectivity index (χ3v) is 4.85. The number of carbonyl (C=O) groups excluding carboxylic acids is 1. The molecule has 3 rings (SSSR count). The van der Waals surface area contributed by atoms with Gasteiger partial charge in [-0.15, -0.1) is 5.10 Å². The second-order valence-corrected chi connectivity index (χ2v) is 6.85. The minimum atomic E-state index is -0.328. The number of amides is 1. The first-order valence-corrected chi connectivity index (χ1v) is 9.69. The lowest BCUT2D eigenvalue weighted by Gasteiger charge is -2.17. The van der Waals surface area contributed by atoms with E-state index in [1.165, 1.54) is 22.7 Å². The number of para-hydroxylation sites is 2. The molecular formula is C19H20FN5O2S. The van der Waals surface area contributed by atoms with Crippen molar-refractivity contribution in [1.82, 2.24) is 25.1 Å². The van der Waals surface area contributed by atoms with Crippen molar-refractivity contribution in [3.8, 4) is 11.4 Å². The van der Waals surface area contributed by atoms with E-state index in [-0.39, 0.29) is 24.0 Å². The Kier molecular flexibility index (Phi) is 6.59. The summed E-state index contributed by atoms with van der Waals surface area (Å²) in [7, 11) is 1.64. The van der Waals surface area contributed by atoms with Crippen LogP contribution in [0.4, 0.5) is 4.39 Å². The lowest BCUT2D eigenvalue weighted by Crippen LogP contribution is -2.28. The lowest BCUT2D eigenvalue weighted by atomic mass is 10.2. The summed E-state index contributed by atoms with van der Waals surface area (Å²) < 4.78 is 20.9. The molecule has 0 aliphatic carbocycles. The summed E-state index contributed by atoms with van der Waals surface area (Å²) in [4.78, 5) is 13.9. The van der Waals surface area contributed by atoms with Gasteiger partial charge in [0, 0.05) is 19.2 Å². The van der Waals surface area contributed by atoms with Gasteiger partial charge in [-0.1, -0.05) is 42.1 Å². The molecule has 1 heterocycles. The molecule has 9 heteroatoms. The van der Waals surface area contributed by atoms with Crippen LogP contribution in [-0.2, 0) is 11.3 Å². The van der Waals surface area contributed by atoms with Gasteiger partial charge in [0.1, 0.15) is 17.3 Å². The second-order valence-electron chi connectivity index (χ2n) is 5.90. The van der Waals surface area contributed by atoms with Gasteiger partial charge < -0.3 is 9.64 Å². The van der Waals surface area contributed by atoms with Gasteiger partial charge in [-0.05, 0) is 35.5 Å². The van der Waals surface area contributed by atoms with Crippen molar-refractivity contribution < 1.29 is 13.9 Å². The van der Waals surface area contributed by atoms with Gasteiger partial charge in [0.05, 0.1) is 12.4 Å². The Bertz CT molecular complexity index is 949. The topological polar surface area (TPSA) is 73.1 Å². The highest BCUT2D eigenvalue weighted by Gasteiger charge is 2.17. The van der Waals surface area contributed by atoms with Crippen molar-refractivity contribution in [2.45, 2.75) is 18.6 Å². The van der Waals surface area contributed by atoms with E-state index in [0.29, 0.717) is 28.8 Å². The smallest absolute Gasteiger partial charge is 0.233 e. The van der Waals surface area contributed by atoms with Gasteiger partial charge in [0.25, 0.3) is 0 Å². The second kappa shape index (κ2) is 9.32. The molecule has 146 valence electrons. The molecule has 0 atom stereocenters. The van der Waals surface area contributed by atoms with Crippen LogP contribution in [0, 0.1) is 5.82 Å². The number of rotatable bonds is 8. The number of aromatic nitrogens is 4. The summed E-state index contributed by atoms with van der Waals surface area (Å²) in [5.41, 5.74) is 1.17. The summed E-state index contributed by atoms with van der Waals surface area (Å²) in [6.45, 7) is 2.61. The Morgan fingerprint density at radius 1 is 1.21 bits per heavy atom. The Labute approximate surface area is 166 Å². The Morgan fingerprint density at radius 2 is 1.96 bits per heavy atom. The highest BCUT2D eigenvalue weighted by atomic mass is 32.2. The number of tetrazole rings is 1. The highest BCUT2D eigenvalue weighted by Crippen LogP contribution is 2.26. The third kappa shape index (κ3) is 4.66. The van der Waals surface area contributed by atoms with Gasteiger partial charge in [0.2, 0.25) is 11.1 Å². The van der Waals surface area contributed by atoms with Crippen LogP contribution >= 0.6 is 11.8 Å². The van der Waals surface area contributed by atoms with Crippen molar-refractivity contribution >= 4 is 17.7 Å². The van der Waals surface area contributed by atoms with Crippen LogP contribution in [0.5, 0.6) is 5.75 Å². The van der Waals surface area contributed by atoms with Crippen LogP contribution < -0.4 is 4.74 Å². The van der Waals surface area contributed by atoms with Crippen molar-refractivity contribution in [3.63, 3.8) is 0 Å². The molecule has 7 nitrogen and oxygen atoms in total. The summed E-state index contributed by atoms with van der Waals surface area (Å²) in [6, 6.07) is 13.8. The Morgan fingerprint density at radius 3 is 2.75 bits per heavy atom. The van der Waals surface area contributed by atoms with E-state index in [4.69, 9.17) is 4.74 Å². The van der Waals surface area contributed by atoms with E-state index >= 15 is 0 Å². The van der Waals surface area contributed by atoms with Crippen molar-refractivity contribution in [1.29, 1.82) is 0 Å². The fourth-order valence-corrected chi connectivity index (χ4v) is 3.36. The molecule has 0 saturated heterocycles. The number of carbonyl (C=O) groups is 1. The monoisotopic (exact) mass is 401 g/mol. The third-order valence-electron chi connectivity index (χ3n) is 3.95. The molecule has 0 unspecified atom stereocenters. The van der Waals surface area contributed by atoms with Crippen LogP contribution in [0.1, 0.15) is 12.5 Å². The fourth-order valence-electron chi connectivity index (χ4n) is 2.54. The zero-order valence-corrected chi connectivity index (χ0v) is 16.4. The fraction of sp³-hybridized carbons (Fsp3) is 0.263. The number of halogens is 1. The van der Waals surface area contributed by atoms with Gasteiger partial charge in [-0.3, -0.25) is 4.79 Å². The standard InChI is InChI=1S/C19H20FN5O2S/c1-3-27-17-11-7-6-10-16(17)25-19(21-22-23-25)28-13-18(26)24(2)12-14-8-4-5-9-15(14)20/h4-11H,3,12-13H2,1-2H3. The average molecular weight is 401 g/mol. The normalized spacial score (nSPS) is 10.7. The molecule has 0 fully saturated rings. The SMILES string of the molecule is CCOc1ccccc1-n1nnnc1SCC(=O)N(C)Cc1ccccc1F. The number of thioether (sulfide) groups is 1. The maximum Gasteiger partial charge on any atom is 0.233 e. The largest absolute Gasteiger partial charge is 0.492 e. The molecule has 0 N–H and O–H groups in total. The van der Waals surface area contributed by atoms with Crippen LogP contribution in [0.2, 0.25) is 0 Å². The average Bonchev–Trinajstić information content (AvgIpc) is 3.17. The number of nitrogens with zero attached hydrogens (tertiary/aromatic N) is 5. The maximum atomic E-state index is 13.8. The number of hydrogen-bond donors (Lipinski definition) is 0. The highest BCUT2D eigenvalue weighted by molar-refractivity contribution is 7.99. The number of hydrogen-bond acceptors (Lipinski definition) is 6. The molecule has 0 aliphatic heterocycles. The number of ether oxygens (including phenoxy) is 1. The predicted octanol–water partition coefficient (Wildman–Crippen LogP) is 2.95. The van der Waals surface area contributed by atoms with Crippen LogP contribution in [0.15, 0.2) is 53.7 Å². The van der Waals surface area contributed by atoms with E-state index in [9.17, 15) is 9.18 Å². The molecule has 2 aromatic carbocycles. The van der Waals surface area contributed by atoms with E-state index in [2.05, 4.69) is 15.5 Å². The minimum Gasteiger partial charge on any atom is -0.492 e. The summed E-state index contributed by atoms with van der Waals surface area (Å²) >= 11 is 1.21. The lowest BCUT2D eigenvalue weighted by molar-refractivity contribution is -0.127. The van der Waals surface area contributed by atoms with E-state index in [0.717, 1.165) is 0 Å². The van der Waals surface area contributed by atoms with E-state index in [1.807, 2.05) is 31.2 Å². The summed E-state index contributed by atoms with van der Waals surface area (Å²) in [6.07, 6.45) is 0. The Hall–Kier alpha value is -2.94. The molecule has 1 aromatic heterocycles. The quantitative estimate of drug-likeness (QED) is 0.541. The Balaban J connectivity index is 1.67. The van der Waals surface area contributed by atoms with E-state index < -0.39 is 0 Å². The van der Waals surface area contributed by atoms with Gasteiger partial charge in [-0.2, -0.15) is 4.68 Å². The van der Waals surface area contributed by atoms with Crippen LogP contribution in [-0.4, -0.2) is 50.4 Å². The van der Waals surface area contributed by atoms with Gasteiger partial charge in [-0.25, -0.2) is 4.39 Å². The minimum absolute atomic E-state index is 0.127.